The van der Waals surface area contributed by atoms with Crippen molar-refractivity contribution in [3.05, 3.63) is 60.2 Å². The molecule has 0 spiro atoms. The minimum Gasteiger partial charge on any atom is -0.365 e. The molecule has 0 unspecified atom stereocenters. The number of rotatable bonds is 2. The molecular formula is C19H23N3O. The van der Waals surface area contributed by atoms with Crippen LogP contribution in [-0.2, 0) is 0 Å². The van der Waals surface area contributed by atoms with Gasteiger partial charge in [-0.05, 0) is 43.7 Å². The number of nitrogens with one attached hydrogen (secondary N) is 1. The van der Waals surface area contributed by atoms with Crippen LogP contribution in [0, 0.1) is 6.92 Å². The third-order valence-electron chi connectivity index (χ3n) is 4.27. The molecule has 23 heavy (non-hydrogen) atoms. The van der Waals surface area contributed by atoms with Crippen LogP contribution < -0.4 is 10.2 Å². The second-order valence-electron chi connectivity index (χ2n) is 6.12. The zero-order valence-corrected chi connectivity index (χ0v) is 13.7. The van der Waals surface area contributed by atoms with Crippen LogP contribution in [0.25, 0.3) is 0 Å². The number of urea groups is 1. The molecule has 3 rings (SSSR count). The van der Waals surface area contributed by atoms with E-state index in [1.165, 1.54) is 11.3 Å². The second kappa shape index (κ2) is 6.73. The van der Waals surface area contributed by atoms with Crippen molar-refractivity contribution in [2.75, 3.05) is 29.9 Å². The van der Waals surface area contributed by atoms with E-state index < -0.39 is 0 Å². The Bertz CT molecular complexity index is 671. The van der Waals surface area contributed by atoms with Crippen LogP contribution in [0.15, 0.2) is 54.6 Å². The van der Waals surface area contributed by atoms with Crippen molar-refractivity contribution in [3.8, 4) is 0 Å². The minimum absolute atomic E-state index is 0.0213. The molecule has 0 saturated carbocycles. The van der Waals surface area contributed by atoms with Gasteiger partial charge in [0.1, 0.15) is 0 Å². The van der Waals surface area contributed by atoms with Gasteiger partial charge >= 0.3 is 6.03 Å². The summed E-state index contributed by atoms with van der Waals surface area (Å²) >= 11 is 0. The molecule has 1 aliphatic rings. The minimum atomic E-state index is -0.0213. The lowest BCUT2D eigenvalue weighted by molar-refractivity contribution is 0.200. The van der Waals surface area contributed by atoms with Crippen molar-refractivity contribution in [3.63, 3.8) is 0 Å². The molecule has 1 heterocycles. The first kappa shape index (κ1) is 15.4. The molecule has 4 heteroatoms. The standard InChI is InChI=1S/C19H23N3O/c1-15-7-6-10-18(13-15)22-12-11-21(14-16(22)2)19(23)20-17-8-4-3-5-9-17/h3-10,13,16H,11-12,14H2,1-2H3,(H,20,23)/t16-/m0/s1. The highest BCUT2D eigenvalue weighted by molar-refractivity contribution is 5.89. The maximum atomic E-state index is 12.4. The summed E-state index contributed by atoms with van der Waals surface area (Å²) in [5, 5.41) is 2.96. The first-order valence-corrected chi connectivity index (χ1v) is 8.08. The molecule has 1 aliphatic heterocycles. The van der Waals surface area contributed by atoms with Gasteiger partial charge in [-0.2, -0.15) is 0 Å². The molecule has 2 amide bonds. The van der Waals surface area contributed by atoms with Crippen molar-refractivity contribution in [2.24, 2.45) is 0 Å². The lowest BCUT2D eigenvalue weighted by Gasteiger charge is -2.41. The van der Waals surface area contributed by atoms with Crippen molar-refractivity contribution in [1.29, 1.82) is 0 Å². The SMILES string of the molecule is Cc1cccc(N2CCN(C(=O)Nc3ccccc3)C[C@@H]2C)c1. The smallest absolute Gasteiger partial charge is 0.321 e. The van der Waals surface area contributed by atoms with Crippen LogP contribution in [0.2, 0.25) is 0 Å². The molecule has 4 nitrogen and oxygen atoms in total. The summed E-state index contributed by atoms with van der Waals surface area (Å²) in [6, 6.07) is 18.4. The van der Waals surface area contributed by atoms with Gasteiger partial charge in [0, 0.05) is 37.1 Å². The fraction of sp³-hybridized carbons (Fsp3) is 0.316. The van der Waals surface area contributed by atoms with Crippen molar-refractivity contribution >= 4 is 17.4 Å². The Morgan fingerprint density at radius 1 is 1.09 bits per heavy atom. The summed E-state index contributed by atoms with van der Waals surface area (Å²) in [6.07, 6.45) is 0. The number of hydrogen-bond acceptors (Lipinski definition) is 2. The zero-order chi connectivity index (χ0) is 16.2. The third kappa shape index (κ3) is 3.65. The Kier molecular flexibility index (Phi) is 4.51. The number of para-hydroxylation sites is 1. The van der Waals surface area contributed by atoms with E-state index in [4.69, 9.17) is 0 Å². The molecular weight excluding hydrogens is 286 g/mol. The van der Waals surface area contributed by atoms with Crippen molar-refractivity contribution < 1.29 is 4.79 Å². The maximum Gasteiger partial charge on any atom is 0.321 e. The monoisotopic (exact) mass is 309 g/mol. The number of hydrogen-bond donors (Lipinski definition) is 1. The number of aryl methyl sites for hydroxylation is 1. The Morgan fingerprint density at radius 2 is 1.87 bits per heavy atom. The average Bonchev–Trinajstić information content (AvgIpc) is 2.55. The Morgan fingerprint density at radius 3 is 2.57 bits per heavy atom. The van der Waals surface area contributed by atoms with Gasteiger partial charge in [-0.15, -0.1) is 0 Å². The van der Waals surface area contributed by atoms with Gasteiger partial charge in [-0.25, -0.2) is 4.79 Å². The van der Waals surface area contributed by atoms with Gasteiger partial charge in [-0.3, -0.25) is 0 Å². The van der Waals surface area contributed by atoms with Crippen molar-refractivity contribution in [1.82, 2.24) is 4.90 Å². The highest BCUT2D eigenvalue weighted by Crippen LogP contribution is 2.22. The number of anilines is 2. The fourth-order valence-electron chi connectivity index (χ4n) is 3.06. The number of piperazine rings is 1. The Labute approximate surface area is 137 Å². The average molecular weight is 309 g/mol. The molecule has 1 atom stereocenters. The van der Waals surface area contributed by atoms with Gasteiger partial charge in [0.15, 0.2) is 0 Å². The van der Waals surface area contributed by atoms with E-state index in [9.17, 15) is 4.79 Å². The van der Waals surface area contributed by atoms with Gasteiger partial charge in [0.2, 0.25) is 0 Å². The highest BCUT2D eigenvalue weighted by Gasteiger charge is 2.26. The predicted octanol–water partition coefficient (Wildman–Crippen LogP) is 3.74. The summed E-state index contributed by atoms with van der Waals surface area (Å²) in [5.74, 6) is 0. The van der Waals surface area contributed by atoms with E-state index in [0.29, 0.717) is 6.04 Å². The van der Waals surface area contributed by atoms with Gasteiger partial charge < -0.3 is 15.1 Å². The molecule has 0 aromatic heterocycles. The van der Waals surface area contributed by atoms with Crippen LogP contribution in [0.1, 0.15) is 12.5 Å². The fourth-order valence-corrected chi connectivity index (χ4v) is 3.06. The van der Waals surface area contributed by atoms with E-state index in [2.05, 4.69) is 48.3 Å². The molecule has 0 bridgehead atoms. The number of carbonyl (C=O) groups is 1. The normalized spacial score (nSPS) is 17.9. The molecule has 2 aromatic carbocycles. The van der Waals surface area contributed by atoms with E-state index >= 15 is 0 Å². The van der Waals surface area contributed by atoms with E-state index in [1.807, 2.05) is 35.2 Å². The number of amides is 2. The Hall–Kier alpha value is -2.49. The number of benzene rings is 2. The van der Waals surface area contributed by atoms with Gasteiger partial charge in [0.25, 0.3) is 0 Å². The summed E-state index contributed by atoms with van der Waals surface area (Å²) in [4.78, 5) is 16.7. The van der Waals surface area contributed by atoms with Crippen molar-refractivity contribution in [2.45, 2.75) is 19.9 Å². The van der Waals surface area contributed by atoms with E-state index in [0.717, 1.165) is 25.3 Å². The van der Waals surface area contributed by atoms with Crippen LogP contribution >= 0.6 is 0 Å². The summed E-state index contributed by atoms with van der Waals surface area (Å²) in [5.41, 5.74) is 3.34. The van der Waals surface area contributed by atoms with Crippen LogP contribution in [0.3, 0.4) is 0 Å². The summed E-state index contributed by atoms with van der Waals surface area (Å²) < 4.78 is 0. The summed E-state index contributed by atoms with van der Waals surface area (Å²) in [7, 11) is 0. The summed E-state index contributed by atoms with van der Waals surface area (Å²) in [6.45, 7) is 6.60. The quantitative estimate of drug-likeness (QED) is 0.917. The van der Waals surface area contributed by atoms with E-state index in [-0.39, 0.29) is 6.03 Å². The lowest BCUT2D eigenvalue weighted by Crippen LogP contribution is -2.54. The lowest BCUT2D eigenvalue weighted by atomic mass is 10.1. The highest BCUT2D eigenvalue weighted by atomic mass is 16.2. The molecule has 0 aliphatic carbocycles. The molecule has 0 radical (unpaired) electrons. The maximum absolute atomic E-state index is 12.4. The number of nitrogens with zero attached hydrogens (tertiary/aromatic N) is 2. The molecule has 1 saturated heterocycles. The van der Waals surface area contributed by atoms with Gasteiger partial charge in [-0.1, -0.05) is 30.3 Å². The van der Waals surface area contributed by atoms with Gasteiger partial charge in [0.05, 0.1) is 0 Å². The van der Waals surface area contributed by atoms with E-state index in [1.54, 1.807) is 0 Å². The zero-order valence-electron chi connectivity index (χ0n) is 13.7. The predicted molar refractivity (Wildman–Crippen MR) is 95.0 cm³/mol. The third-order valence-corrected chi connectivity index (χ3v) is 4.27. The molecule has 1 N–H and O–H groups in total. The van der Waals surface area contributed by atoms with Crippen LogP contribution in [-0.4, -0.2) is 36.6 Å². The Balaban J connectivity index is 1.63. The first-order valence-electron chi connectivity index (χ1n) is 8.08. The topological polar surface area (TPSA) is 35.6 Å². The second-order valence-corrected chi connectivity index (χ2v) is 6.12. The molecule has 120 valence electrons. The van der Waals surface area contributed by atoms with Crippen LogP contribution in [0.5, 0.6) is 0 Å². The van der Waals surface area contributed by atoms with Crippen LogP contribution in [0.4, 0.5) is 16.2 Å². The molecule has 2 aromatic rings. The number of carbonyl (C=O) groups excluding carboxylic acids is 1. The molecule has 1 fully saturated rings. The first-order chi connectivity index (χ1) is 11.1. The largest absolute Gasteiger partial charge is 0.365 e.